The minimum absolute atomic E-state index is 0.0467. The molecule has 2 aliphatic heterocycles. The topological polar surface area (TPSA) is 51.6 Å². The van der Waals surface area contributed by atoms with Gasteiger partial charge in [0.15, 0.2) is 0 Å². The molecule has 0 radical (unpaired) electrons. The van der Waals surface area contributed by atoms with E-state index >= 15 is 0 Å². The van der Waals surface area contributed by atoms with Crippen molar-refractivity contribution in [3.8, 4) is 0 Å². The van der Waals surface area contributed by atoms with E-state index in [-0.39, 0.29) is 22.5 Å². The molecule has 2 atom stereocenters. The molecule has 1 saturated carbocycles. The molecule has 1 unspecified atom stereocenters. The van der Waals surface area contributed by atoms with Gasteiger partial charge in [0.2, 0.25) is 0 Å². The van der Waals surface area contributed by atoms with Gasteiger partial charge < -0.3 is 14.6 Å². The summed E-state index contributed by atoms with van der Waals surface area (Å²) in [5, 5.41) is 11.6. The second-order valence-electron chi connectivity index (χ2n) is 13.7. The number of fused-ring (bicyclic) bond motifs is 4. The number of benzene rings is 1. The SMILES string of the molecule is CC1(C)Cc2nc(C3CCOCC3)c3c(c2C(O)C1)C1(CCCC1)O[C@@H]3c1ccc(C(C)(C)C)cc1. The first-order valence-electron chi connectivity index (χ1n) is 14.2. The summed E-state index contributed by atoms with van der Waals surface area (Å²) in [7, 11) is 0. The standard InChI is InChI=1S/C32H43NO3/c1-30(2,3)22-10-8-21(9-11-22)29-26-27(32(36-29)14-6-7-15-32)25-23(18-31(4,5)19-24(25)34)33-28(26)20-12-16-35-17-13-20/h8-11,20,24,29,34H,6-7,12-19H2,1-5H3/t24?,29-/m1/s1. The lowest BCUT2D eigenvalue weighted by atomic mass is 9.70. The van der Waals surface area contributed by atoms with Crippen LogP contribution in [0.15, 0.2) is 24.3 Å². The predicted molar refractivity (Wildman–Crippen MR) is 142 cm³/mol. The minimum Gasteiger partial charge on any atom is -0.388 e. The van der Waals surface area contributed by atoms with Crippen LogP contribution >= 0.6 is 0 Å². The molecule has 4 heteroatoms. The fourth-order valence-corrected chi connectivity index (χ4v) is 7.42. The highest BCUT2D eigenvalue weighted by molar-refractivity contribution is 5.55. The van der Waals surface area contributed by atoms with Crippen molar-refractivity contribution >= 4 is 0 Å². The maximum atomic E-state index is 11.6. The Balaban J connectivity index is 1.57. The van der Waals surface area contributed by atoms with Crippen LogP contribution in [0.4, 0.5) is 0 Å². The highest BCUT2D eigenvalue weighted by Crippen LogP contribution is 2.60. The van der Waals surface area contributed by atoms with E-state index in [2.05, 4.69) is 58.9 Å². The summed E-state index contributed by atoms with van der Waals surface area (Å²) in [6.07, 6.45) is 7.56. The molecule has 1 spiro atoms. The van der Waals surface area contributed by atoms with Crippen LogP contribution in [0, 0.1) is 5.41 Å². The van der Waals surface area contributed by atoms with E-state index in [1.54, 1.807) is 0 Å². The van der Waals surface area contributed by atoms with Crippen LogP contribution in [0.1, 0.15) is 137 Å². The Labute approximate surface area is 216 Å². The maximum absolute atomic E-state index is 11.6. The van der Waals surface area contributed by atoms with Crippen molar-refractivity contribution in [1.82, 2.24) is 4.98 Å². The van der Waals surface area contributed by atoms with Crippen molar-refractivity contribution in [2.45, 2.75) is 115 Å². The van der Waals surface area contributed by atoms with Crippen LogP contribution < -0.4 is 0 Å². The summed E-state index contributed by atoms with van der Waals surface area (Å²) in [4.78, 5) is 5.45. The summed E-state index contributed by atoms with van der Waals surface area (Å²) in [6, 6.07) is 9.09. The van der Waals surface area contributed by atoms with Crippen LogP contribution in [0.25, 0.3) is 0 Å². The molecule has 1 aromatic heterocycles. The zero-order valence-corrected chi connectivity index (χ0v) is 22.8. The number of nitrogens with zero attached hydrogens (tertiary/aromatic N) is 1. The summed E-state index contributed by atoms with van der Waals surface area (Å²) < 4.78 is 13.0. The van der Waals surface area contributed by atoms with Gasteiger partial charge in [0.05, 0.1) is 17.4 Å². The molecule has 2 aliphatic carbocycles. The largest absolute Gasteiger partial charge is 0.388 e. The third kappa shape index (κ3) is 4.04. The van der Waals surface area contributed by atoms with Gasteiger partial charge in [-0.3, -0.25) is 4.98 Å². The molecule has 3 heterocycles. The van der Waals surface area contributed by atoms with Gasteiger partial charge in [-0.2, -0.15) is 0 Å². The highest BCUT2D eigenvalue weighted by atomic mass is 16.5. The van der Waals surface area contributed by atoms with Gasteiger partial charge in [0.1, 0.15) is 6.10 Å². The molecule has 2 aromatic rings. The molecule has 1 N–H and O–H groups in total. The number of hydrogen-bond donors (Lipinski definition) is 1. The highest BCUT2D eigenvalue weighted by Gasteiger charge is 2.53. The van der Waals surface area contributed by atoms with E-state index in [0.717, 1.165) is 63.0 Å². The maximum Gasteiger partial charge on any atom is 0.111 e. The Morgan fingerprint density at radius 1 is 0.972 bits per heavy atom. The number of aromatic nitrogens is 1. The molecule has 4 aliphatic rings. The third-order valence-corrected chi connectivity index (χ3v) is 9.27. The minimum atomic E-state index is -0.475. The van der Waals surface area contributed by atoms with Gasteiger partial charge in [-0.25, -0.2) is 0 Å². The number of ether oxygens (including phenoxy) is 2. The van der Waals surface area contributed by atoms with E-state index in [1.165, 1.54) is 40.8 Å². The summed E-state index contributed by atoms with van der Waals surface area (Å²) >= 11 is 0. The zero-order valence-electron chi connectivity index (χ0n) is 22.8. The summed E-state index contributed by atoms with van der Waals surface area (Å²) in [6.45, 7) is 12.9. The Kier molecular flexibility index (Phi) is 5.90. The van der Waals surface area contributed by atoms with Crippen molar-refractivity contribution in [3.63, 3.8) is 0 Å². The third-order valence-electron chi connectivity index (χ3n) is 9.27. The van der Waals surface area contributed by atoms with Crippen molar-refractivity contribution in [2.24, 2.45) is 5.41 Å². The lowest BCUT2D eigenvalue weighted by molar-refractivity contribution is -0.0581. The predicted octanol–water partition coefficient (Wildman–Crippen LogP) is 7.17. The van der Waals surface area contributed by atoms with Gasteiger partial charge in [0, 0.05) is 36.0 Å². The van der Waals surface area contributed by atoms with Crippen LogP contribution in [0.3, 0.4) is 0 Å². The van der Waals surface area contributed by atoms with E-state index in [4.69, 9.17) is 14.5 Å². The first-order valence-corrected chi connectivity index (χ1v) is 14.2. The average molecular weight is 490 g/mol. The van der Waals surface area contributed by atoms with Crippen molar-refractivity contribution < 1.29 is 14.6 Å². The first kappa shape index (κ1) is 24.6. The van der Waals surface area contributed by atoms with E-state index in [1.807, 2.05) is 0 Å². The summed E-state index contributed by atoms with van der Waals surface area (Å²) in [5.74, 6) is 0.386. The van der Waals surface area contributed by atoms with Gasteiger partial charge in [0.25, 0.3) is 0 Å². The fourth-order valence-electron chi connectivity index (χ4n) is 7.42. The molecule has 1 saturated heterocycles. The van der Waals surface area contributed by atoms with Gasteiger partial charge in [-0.1, -0.05) is 71.7 Å². The molecule has 2 fully saturated rings. The number of hydrogen-bond acceptors (Lipinski definition) is 4. The molecule has 4 nitrogen and oxygen atoms in total. The van der Waals surface area contributed by atoms with Crippen molar-refractivity contribution in [1.29, 1.82) is 0 Å². The normalized spacial score (nSPS) is 27.3. The van der Waals surface area contributed by atoms with Crippen LogP contribution in [0.2, 0.25) is 0 Å². The van der Waals surface area contributed by atoms with Crippen LogP contribution in [-0.2, 0) is 26.9 Å². The van der Waals surface area contributed by atoms with E-state index in [9.17, 15) is 5.11 Å². The van der Waals surface area contributed by atoms with Gasteiger partial charge >= 0.3 is 0 Å². The number of pyridine rings is 1. The number of rotatable bonds is 2. The second kappa shape index (κ2) is 8.64. The molecule has 6 rings (SSSR count). The molecular formula is C32H43NO3. The Hall–Kier alpha value is -1.75. The molecule has 0 bridgehead atoms. The molecular weight excluding hydrogens is 446 g/mol. The van der Waals surface area contributed by atoms with Crippen LogP contribution in [0.5, 0.6) is 0 Å². The van der Waals surface area contributed by atoms with Crippen molar-refractivity contribution in [3.05, 3.63) is 63.5 Å². The lowest BCUT2D eigenvalue weighted by Crippen LogP contribution is -2.32. The van der Waals surface area contributed by atoms with E-state index in [0.29, 0.717) is 5.92 Å². The average Bonchev–Trinajstić information content (AvgIpc) is 3.43. The molecule has 1 aromatic carbocycles. The second-order valence-corrected chi connectivity index (χ2v) is 13.7. The number of aliphatic hydroxyl groups excluding tert-OH is 1. The molecule has 0 amide bonds. The van der Waals surface area contributed by atoms with E-state index < -0.39 is 6.10 Å². The van der Waals surface area contributed by atoms with Gasteiger partial charge in [-0.15, -0.1) is 0 Å². The molecule has 36 heavy (non-hydrogen) atoms. The fraction of sp³-hybridized carbons (Fsp3) is 0.656. The smallest absolute Gasteiger partial charge is 0.111 e. The first-order chi connectivity index (χ1) is 17.1. The Morgan fingerprint density at radius 3 is 2.28 bits per heavy atom. The summed E-state index contributed by atoms with van der Waals surface area (Å²) in [5.41, 5.74) is 8.48. The number of aliphatic hydroxyl groups is 1. The van der Waals surface area contributed by atoms with Crippen LogP contribution in [-0.4, -0.2) is 23.3 Å². The van der Waals surface area contributed by atoms with Crippen molar-refractivity contribution in [2.75, 3.05) is 13.2 Å². The Bertz CT molecular complexity index is 1130. The Morgan fingerprint density at radius 2 is 1.64 bits per heavy atom. The van der Waals surface area contributed by atoms with Gasteiger partial charge in [-0.05, 0) is 66.0 Å². The lowest BCUT2D eigenvalue weighted by Gasteiger charge is -2.38. The monoisotopic (exact) mass is 489 g/mol. The quantitative estimate of drug-likeness (QED) is 0.486. The zero-order chi connectivity index (χ0) is 25.3. The molecule has 194 valence electrons.